The van der Waals surface area contributed by atoms with Crippen LogP contribution in [0.3, 0.4) is 0 Å². The van der Waals surface area contributed by atoms with Crippen molar-refractivity contribution >= 4 is 15.9 Å². The third kappa shape index (κ3) is 3.93. The fourth-order valence-corrected chi connectivity index (χ4v) is 4.34. The Morgan fingerprint density at radius 2 is 2.32 bits per heavy atom. The molecule has 0 radical (unpaired) electrons. The maximum Gasteiger partial charge on any atom is 0.262 e. The number of carbonyl (C=O) groups excluding carboxylic acids is 1. The summed E-state index contributed by atoms with van der Waals surface area (Å²) in [6.07, 6.45) is 5.89. The molecule has 0 unspecified atom stereocenters. The number of aryl methyl sites for hydroxylation is 1. The molecule has 1 fully saturated rings. The normalized spacial score (nSPS) is 19.0. The van der Waals surface area contributed by atoms with Crippen molar-refractivity contribution in [3.63, 3.8) is 0 Å². The van der Waals surface area contributed by atoms with Gasteiger partial charge in [-0.3, -0.25) is 4.79 Å². The first-order valence-electron chi connectivity index (χ1n) is 8.32. The lowest BCUT2D eigenvalue weighted by molar-refractivity contribution is -0.126. The fraction of sp³-hybridized carbons (Fsp3) is 0.500. The van der Waals surface area contributed by atoms with E-state index in [1.807, 2.05) is 6.92 Å². The van der Waals surface area contributed by atoms with Crippen molar-refractivity contribution in [1.82, 2.24) is 19.2 Å². The highest BCUT2D eigenvalue weighted by Crippen LogP contribution is 2.23. The average molecular weight is 366 g/mol. The van der Waals surface area contributed by atoms with Crippen LogP contribution < -0.4 is 5.32 Å². The Morgan fingerprint density at radius 1 is 1.48 bits per heavy atom. The summed E-state index contributed by atoms with van der Waals surface area (Å²) in [6, 6.07) is 3.54. The fourth-order valence-electron chi connectivity index (χ4n) is 2.88. The van der Waals surface area contributed by atoms with E-state index >= 15 is 0 Å². The summed E-state index contributed by atoms with van der Waals surface area (Å²) in [5.74, 6) is 0.140. The minimum Gasteiger partial charge on any atom is -0.467 e. The molecule has 1 aliphatic rings. The Labute approximate surface area is 146 Å². The second-order valence-corrected chi connectivity index (χ2v) is 7.93. The van der Waals surface area contributed by atoms with Crippen molar-refractivity contribution in [3.05, 3.63) is 36.7 Å². The summed E-state index contributed by atoms with van der Waals surface area (Å²) < 4.78 is 33.7. The highest BCUT2D eigenvalue weighted by atomic mass is 32.2. The van der Waals surface area contributed by atoms with Crippen molar-refractivity contribution < 1.29 is 17.6 Å². The SMILES string of the molecule is CCn1cnc(S(=O)(=O)N2CCC[C@H](C(=O)NCc3ccco3)C2)c1. The van der Waals surface area contributed by atoms with Gasteiger partial charge in [-0.2, -0.15) is 4.31 Å². The van der Waals surface area contributed by atoms with E-state index in [2.05, 4.69) is 10.3 Å². The van der Waals surface area contributed by atoms with Gasteiger partial charge in [0.1, 0.15) is 5.76 Å². The number of nitrogens with one attached hydrogen (secondary N) is 1. The highest BCUT2D eigenvalue weighted by Gasteiger charge is 2.34. The molecule has 0 bridgehead atoms. The van der Waals surface area contributed by atoms with Crippen LogP contribution in [0.25, 0.3) is 0 Å². The summed E-state index contributed by atoms with van der Waals surface area (Å²) in [7, 11) is -3.67. The number of imidazole rings is 1. The van der Waals surface area contributed by atoms with Crippen LogP contribution in [-0.2, 0) is 27.9 Å². The van der Waals surface area contributed by atoms with E-state index in [4.69, 9.17) is 4.42 Å². The largest absolute Gasteiger partial charge is 0.467 e. The molecule has 1 N–H and O–H groups in total. The third-order valence-corrected chi connectivity index (χ3v) is 6.10. The molecule has 3 heterocycles. The van der Waals surface area contributed by atoms with Crippen LogP contribution in [0.1, 0.15) is 25.5 Å². The van der Waals surface area contributed by atoms with Gasteiger partial charge in [-0.05, 0) is 31.9 Å². The predicted molar refractivity (Wildman–Crippen MR) is 89.9 cm³/mol. The van der Waals surface area contributed by atoms with E-state index in [0.29, 0.717) is 38.2 Å². The molecule has 2 aromatic rings. The molecule has 0 spiro atoms. The van der Waals surface area contributed by atoms with Gasteiger partial charge in [0.25, 0.3) is 10.0 Å². The molecule has 0 aromatic carbocycles. The van der Waals surface area contributed by atoms with Crippen molar-refractivity contribution in [3.8, 4) is 0 Å². The molecule has 1 aliphatic heterocycles. The van der Waals surface area contributed by atoms with Gasteiger partial charge in [-0.1, -0.05) is 0 Å². The Kier molecular flexibility index (Phi) is 5.24. The number of sulfonamides is 1. The van der Waals surface area contributed by atoms with Gasteiger partial charge in [-0.15, -0.1) is 0 Å². The average Bonchev–Trinajstić information content (AvgIpc) is 3.31. The molecule has 1 saturated heterocycles. The maximum atomic E-state index is 12.7. The zero-order valence-corrected chi connectivity index (χ0v) is 14.9. The standard InChI is InChI=1S/C16H22N4O4S/c1-2-19-11-15(18-12-19)25(22,23)20-7-3-5-13(10-20)16(21)17-9-14-6-4-8-24-14/h4,6,8,11-13H,2-3,5,7,9-10H2,1H3,(H,17,21)/t13-/m0/s1. The van der Waals surface area contributed by atoms with Crippen molar-refractivity contribution in [2.24, 2.45) is 5.92 Å². The summed E-state index contributed by atoms with van der Waals surface area (Å²) in [6.45, 7) is 3.45. The molecule has 8 nitrogen and oxygen atoms in total. The lowest BCUT2D eigenvalue weighted by Gasteiger charge is -2.30. The highest BCUT2D eigenvalue weighted by molar-refractivity contribution is 7.89. The molecule has 0 saturated carbocycles. The van der Waals surface area contributed by atoms with Crippen molar-refractivity contribution in [2.45, 2.75) is 37.9 Å². The molecule has 25 heavy (non-hydrogen) atoms. The van der Waals surface area contributed by atoms with E-state index in [1.54, 1.807) is 23.0 Å². The van der Waals surface area contributed by atoms with Gasteiger partial charge in [0.05, 0.1) is 25.1 Å². The Bertz CT molecular complexity index is 813. The van der Waals surface area contributed by atoms with Crippen molar-refractivity contribution in [1.29, 1.82) is 0 Å². The number of carbonyl (C=O) groups is 1. The molecule has 1 atom stereocenters. The minimum atomic E-state index is -3.67. The van der Waals surface area contributed by atoms with Crippen LogP contribution in [0.15, 0.2) is 40.4 Å². The first kappa shape index (κ1) is 17.7. The Hall–Kier alpha value is -2.13. The summed E-state index contributed by atoms with van der Waals surface area (Å²) in [5.41, 5.74) is 0. The summed E-state index contributed by atoms with van der Waals surface area (Å²) in [4.78, 5) is 16.4. The minimum absolute atomic E-state index is 0.0333. The van der Waals surface area contributed by atoms with Gasteiger partial charge in [0.15, 0.2) is 5.03 Å². The topological polar surface area (TPSA) is 97.4 Å². The number of aromatic nitrogens is 2. The summed E-state index contributed by atoms with van der Waals surface area (Å²) >= 11 is 0. The van der Waals surface area contributed by atoms with Crippen LogP contribution in [-0.4, -0.2) is 41.3 Å². The second-order valence-electron chi connectivity index (χ2n) is 6.04. The molecule has 9 heteroatoms. The smallest absolute Gasteiger partial charge is 0.262 e. The van der Waals surface area contributed by atoms with E-state index in [0.717, 1.165) is 0 Å². The van der Waals surface area contributed by atoms with E-state index in [1.165, 1.54) is 16.8 Å². The van der Waals surface area contributed by atoms with E-state index in [9.17, 15) is 13.2 Å². The van der Waals surface area contributed by atoms with Crippen LogP contribution in [0.2, 0.25) is 0 Å². The molecule has 1 amide bonds. The zero-order chi connectivity index (χ0) is 17.9. The van der Waals surface area contributed by atoms with Gasteiger partial charge >= 0.3 is 0 Å². The van der Waals surface area contributed by atoms with Gasteiger partial charge in [-0.25, -0.2) is 13.4 Å². The summed E-state index contributed by atoms with van der Waals surface area (Å²) in [5, 5.41) is 2.84. The lowest BCUT2D eigenvalue weighted by Crippen LogP contribution is -2.45. The quantitative estimate of drug-likeness (QED) is 0.829. The first-order valence-corrected chi connectivity index (χ1v) is 9.76. The van der Waals surface area contributed by atoms with Gasteiger partial charge in [0.2, 0.25) is 5.91 Å². The van der Waals surface area contributed by atoms with Crippen LogP contribution in [0, 0.1) is 5.92 Å². The molecule has 2 aromatic heterocycles. The molecular weight excluding hydrogens is 344 g/mol. The Balaban J connectivity index is 1.64. The lowest BCUT2D eigenvalue weighted by atomic mass is 9.99. The molecule has 0 aliphatic carbocycles. The third-order valence-electron chi connectivity index (χ3n) is 4.35. The maximum absolute atomic E-state index is 12.7. The van der Waals surface area contributed by atoms with E-state index < -0.39 is 10.0 Å². The van der Waals surface area contributed by atoms with Crippen LogP contribution in [0.5, 0.6) is 0 Å². The molecular formula is C16H22N4O4S. The van der Waals surface area contributed by atoms with Crippen LogP contribution in [0.4, 0.5) is 0 Å². The number of rotatable bonds is 6. The van der Waals surface area contributed by atoms with Gasteiger partial charge in [0, 0.05) is 25.8 Å². The number of furan rings is 1. The Morgan fingerprint density at radius 3 is 3.00 bits per heavy atom. The van der Waals surface area contributed by atoms with Crippen molar-refractivity contribution in [2.75, 3.05) is 13.1 Å². The zero-order valence-electron chi connectivity index (χ0n) is 14.1. The van der Waals surface area contributed by atoms with E-state index in [-0.39, 0.29) is 23.4 Å². The monoisotopic (exact) mass is 366 g/mol. The number of hydrogen-bond acceptors (Lipinski definition) is 5. The predicted octanol–water partition coefficient (Wildman–Crippen LogP) is 1.21. The molecule has 136 valence electrons. The number of hydrogen-bond donors (Lipinski definition) is 1. The molecule has 3 rings (SSSR count). The van der Waals surface area contributed by atoms with Crippen LogP contribution >= 0.6 is 0 Å². The van der Waals surface area contributed by atoms with Gasteiger partial charge < -0.3 is 14.3 Å². The number of piperidine rings is 1. The first-order chi connectivity index (χ1) is 12.0. The number of amides is 1. The number of nitrogens with zero attached hydrogens (tertiary/aromatic N) is 3. The second kappa shape index (κ2) is 7.40.